The molecule has 8 nitrogen and oxygen atoms in total. The van der Waals surface area contributed by atoms with Gasteiger partial charge in [-0.15, -0.1) is 10.2 Å². The van der Waals surface area contributed by atoms with E-state index < -0.39 is 0 Å². The van der Waals surface area contributed by atoms with E-state index >= 15 is 0 Å². The predicted molar refractivity (Wildman–Crippen MR) is 96.6 cm³/mol. The molecule has 1 atom stereocenters. The van der Waals surface area contributed by atoms with Crippen molar-refractivity contribution < 1.29 is 4.79 Å². The van der Waals surface area contributed by atoms with Crippen molar-refractivity contribution in [3.63, 3.8) is 0 Å². The first-order valence-electron chi connectivity index (χ1n) is 7.29. The zero-order valence-electron chi connectivity index (χ0n) is 13.0. The number of thioether (sulfide) groups is 2. The van der Waals surface area contributed by atoms with E-state index in [0.717, 1.165) is 15.6 Å². The zero-order chi connectivity index (χ0) is 16.9. The summed E-state index contributed by atoms with van der Waals surface area (Å²) in [5.41, 5.74) is 1.33. The number of amides is 1. The molecule has 126 valence electrons. The Labute approximate surface area is 150 Å². The summed E-state index contributed by atoms with van der Waals surface area (Å²) >= 11 is 4.37. The van der Waals surface area contributed by atoms with Gasteiger partial charge < -0.3 is 4.98 Å². The maximum absolute atomic E-state index is 12.5. The maximum atomic E-state index is 12.5. The Morgan fingerprint density at radius 3 is 3.00 bits per heavy atom. The Kier molecular flexibility index (Phi) is 5.63. The molecule has 0 bridgehead atoms. The van der Waals surface area contributed by atoms with Crippen LogP contribution in [-0.2, 0) is 4.79 Å². The van der Waals surface area contributed by atoms with E-state index in [1.807, 2.05) is 13.8 Å². The van der Waals surface area contributed by atoms with Crippen LogP contribution in [0.25, 0.3) is 11.2 Å². The molecule has 3 heterocycles. The molecular formula is C13H15N7OS3. The van der Waals surface area contributed by atoms with Crippen LogP contribution < -0.4 is 5.32 Å². The Morgan fingerprint density at radius 1 is 1.33 bits per heavy atom. The Balaban J connectivity index is 1.70. The maximum Gasteiger partial charge on any atom is 0.239 e. The summed E-state index contributed by atoms with van der Waals surface area (Å²) in [5.74, 6) is 0.808. The highest BCUT2D eigenvalue weighted by molar-refractivity contribution is 8.01. The van der Waals surface area contributed by atoms with Crippen molar-refractivity contribution in [3.8, 4) is 0 Å². The van der Waals surface area contributed by atoms with Crippen LogP contribution in [0.5, 0.6) is 0 Å². The van der Waals surface area contributed by atoms with Crippen molar-refractivity contribution in [2.45, 2.75) is 34.9 Å². The highest BCUT2D eigenvalue weighted by Gasteiger charge is 2.22. The first kappa shape index (κ1) is 17.1. The molecule has 1 unspecified atom stereocenters. The number of hydrogen-bond acceptors (Lipinski definition) is 9. The molecule has 0 aliphatic heterocycles. The topological polar surface area (TPSA) is 109 Å². The van der Waals surface area contributed by atoms with Crippen molar-refractivity contribution in [1.82, 2.24) is 30.1 Å². The number of anilines is 1. The third-order valence-corrected chi connectivity index (χ3v) is 6.23. The van der Waals surface area contributed by atoms with Crippen molar-refractivity contribution >= 4 is 57.1 Å². The van der Waals surface area contributed by atoms with Crippen LogP contribution in [0.3, 0.4) is 0 Å². The van der Waals surface area contributed by atoms with Gasteiger partial charge in [-0.25, -0.2) is 15.0 Å². The molecule has 3 aromatic rings. The van der Waals surface area contributed by atoms with Crippen LogP contribution in [0, 0.1) is 0 Å². The van der Waals surface area contributed by atoms with E-state index in [1.54, 1.807) is 18.1 Å². The van der Waals surface area contributed by atoms with E-state index in [4.69, 9.17) is 0 Å². The van der Waals surface area contributed by atoms with Gasteiger partial charge in [-0.2, -0.15) is 0 Å². The number of fused-ring (bicyclic) bond motifs is 1. The van der Waals surface area contributed by atoms with Gasteiger partial charge in [0, 0.05) is 0 Å². The number of carbonyl (C=O) groups excluding carboxylic acids is 1. The second-order valence-electron chi connectivity index (χ2n) is 4.59. The predicted octanol–water partition coefficient (Wildman–Crippen LogP) is 2.83. The van der Waals surface area contributed by atoms with Gasteiger partial charge in [-0.05, 0) is 12.2 Å². The fourth-order valence-corrected chi connectivity index (χ4v) is 4.55. The van der Waals surface area contributed by atoms with Crippen molar-refractivity contribution in [1.29, 1.82) is 0 Å². The third kappa shape index (κ3) is 3.84. The van der Waals surface area contributed by atoms with E-state index in [9.17, 15) is 4.79 Å². The molecule has 1 amide bonds. The van der Waals surface area contributed by atoms with Crippen molar-refractivity contribution in [3.05, 3.63) is 12.7 Å². The second kappa shape index (κ2) is 7.90. The summed E-state index contributed by atoms with van der Waals surface area (Å²) in [6.07, 6.45) is 3.68. The fraction of sp³-hybridized carbons (Fsp3) is 0.385. The molecule has 0 aliphatic rings. The minimum atomic E-state index is -0.294. The molecule has 0 saturated heterocycles. The van der Waals surface area contributed by atoms with Crippen LogP contribution in [0.1, 0.15) is 20.3 Å². The largest absolute Gasteiger partial charge is 0.341 e. The van der Waals surface area contributed by atoms with Crippen LogP contribution >= 0.6 is 34.9 Å². The SMILES string of the molecule is CCSc1nnc(NC(=O)C(CC)Sc2ncnc3nc[nH]c23)s1. The molecule has 11 heteroatoms. The first-order valence-corrected chi connectivity index (χ1v) is 9.97. The van der Waals surface area contributed by atoms with Gasteiger partial charge in [-0.1, -0.05) is 48.7 Å². The molecule has 0 fully saturated rings. The lowest BCUT2D eigenvalue weighted by Crippen LogP contribution is -2.24. The third-order valence-electron chi connectivity index (χ3n) is 3.01. The molecule has 24 heavy (non-hydrogen) atoms. The average molecular weight is 382 g/mol. The van der Waals surface area contributed by atoms with Crippen molar-refractivity contribution in [2.75, 3.05) is 11.1 Å². The summed E-state index contributed by atoms with van der Waals surface area (Å²) < 4.78 is 0.850. The highest BCUT2D eigenvalue weighted by Crippen LogP contribution is 2.30. The van der Waals surface area contributed by atoms with Gasteiger partial charge in [0.1, 0.15) is 16.9 Å². The van der Waals surface area contributed by atoms with E-state index in [0.29, 0.717) is 22.2 Å². The number of aromatic amines is 1. The van der Waals surface area contributed by atoms with Gasteiger partial charge in [0.25, 0.3) is 0 Å². The lowest BCUT2D eigenvalue weighted by atomic mass is 10.3. The number of H-pyrrole nitrogens is 1. The van der Waals surface area contributed by atoms with E-state index in [2.05, 4.69) is 35.5 Å². The average Bonchev–Trinajstić information content (AvgIpc) is 3.22. The van der Waals surface area contributed by atoms with E-state index in [1.165, 1.54) is 29.4 Å². The van der Waals surface area contributed by atoms with Gasteiger partial charge in [0.2, 0.25) is 11.0 Å². The van der Waals surface area contributed by atoms with Gasteiger partial charge >= 0.3 is 0 Å². The molecule has 3 rings (SSSR count). The van der Waals surface area contributed by atoms with Crippen LogP contribution in [-0.4, -0.2) is 47.0 Å². The smallest absolute Gasteiger partial charge is 0.239 e. The summed E-state index contributed by atoms with van der Waals surface area (Å²) in [6.45, 7) is 4.01. The molecule has 0 spiro atoms. The minimum absolute atomic E-state index is 0.113. The Morgan fingerprint density at radius 2 is 2.21 bits per heavy atom. The Bertz CT molecular complexity index is 834. The fourth-order valence-electron chi connectivity index (χ4n) is 1.92. The molecule has 0 radical (unpaired) electrons. The van der Waals surface area contributed by atoms with Gasteiger partial charge in [0.15, 0.2) is 9.99 Å². The van der Waals surface area contributed by atoms with Gasteiger partial charge in [-0.3, -0.25) is 10.1 Å². The van der Waals surface area contributed by atoms with Crippen molar-refractivity contribution in [2.24, 2.45) is 0 Å². The lowest BCUT2D eigenvalue weighted by Gasteiger charge is -2.12. The summed E-state index contributed by atoms with van der Waals surface area (Å²) in [6, 6.07) is 0. The number of hydrogen-bond donors (Lipinski definition) is 2. The standard InChI is InChI=1S/C13H15N7OS3/c1-3-7(10(21)18-12-19-20-13(24-12)22-4-2)23-11-8-9(15-5-14-8)16-6-17-11/h5-7H,3-4H2,1-2H3,(H,18,19,21)(H,14,15,16,17). The van der Waals surface area contributed by atoms with Crippen LogP contribution in [0.4, 0.5) is 5.13 Å². The molecule has 2 N–H and O–H groups in total. The quantitative estimate of drug-likeness (QED) is 0.365. The molecule has 3 aromatic heterocycles. The van der Waals surface area contributed by atoms with Crippen LogP contribution in [0.2, 0.25) is 0 Å². The number of aromatic nitrogens is 6. The number of imidazole rings is 1. The molecule has 0 saturated carbocycles. The first-order chi connectivity index (χ1) is 11.7. The second-order valence-corrected chi connectivity index (χ2v) is 8.27. The monoisotopic (exact) mass is 381 g/mol. The Hall–Kier alpha value is -1.72. The summed E-state index contributed by atoms with van der Waals surface area (Å²) in [7, 11) is 0. The minimum Gasteiger partial charge on any atom is -0.341 e. The van der Waals surface area contributed by atoms with E-state index in [-0.39, 0.29) is 11.2 Å². The zero-order valence-corrected chi connectivity index (χ0v) is 15.5. The molecule has 0 aromatic carbocycles. The lowest BCUT2D eigenvalue weighted by molar-refractivity contribution is -0.115. The van der Waals surface area contributed by atoms with Crippen LogP contribution in [0.15, 0.2) is 22.0 Å². The number of nitrogens with one attached hydrogen (secondary N) is 2. The molecular weight excluding hydrogens is 366 g/mol. The number of carbonyl (C=O) groups is 1. The normalized spacial score (nSPS) is 12.4. The highest BCUT2D eigenvalue weighted by atomic mass is 32.2. The summed E-state index contributed by atoms with van der Waals surface area (Å²) in [4.78, 5) is 28.0. The molecule has 0 aliphatic carbocycles. The van der Waals surface area contributed by atoms with Gasteiger partial charge in [0.05, 0.1) is 11.6 Å². The number of nitrogens with zero attached hydrogens (tertiary/aromatic N) is 5. The number of rotatable bonds is 7. The summed E-state index contributed by atoms with van der Waals surface area (Å²) in [5, 5.41) is 11.8.